The molecule has 3 unspecified atom stereocenters. The smallest absolute Gasteiger partial charge is 0.0160 e. The van der Waals surface area contributed by atoms with E-state index in [-0.39, 0.29) is 0 Å². The average Bonchev–Trinajstić information content (AvgIpc) is 2.62. The molecule has 0 aliphatic heterocycles. The second kappa shape index (κ2) is 9.32. The van der Waals surface area contributed by atoms with Gasteiger partial charge in [-0.25, -0.2) is 0 Å². The van der Waals surface area contributed by atoms with E-state index in [2.05, 4.69) is 102 Å². The molecule has 1 heteroatoms. The molecule has 30 heavy (non-hydrogen) atoms. The van der Waals surface area contributed by atoms with Crippen LogP contribution in [0.5, 0.6) is 0 Å². The number of benzene rings is 1. The van der Waals surface area contributed by atoms with Gasteiger partial charge in [0.1, 0.15) is 0 Å². The highest BCUT2D eigenvalue weighted by molar-refractivity contribution is 7.41. The van der Waals surface area contributed by atoms with Gasteiger partial charge >= 0.3 is 0 Å². The molecule has 0 radical (unpaired) electrons. The summed E-state index contributed by atoms with van der Waals surface area (Å²) in [6.45, 7) is 31.0. The molecule has 0 N–H and O–H groups in total. The summed E-state index contributed by atoms with van der Waals surface area (Å²) >= 11 is 0. The molecule has 0 spiro atoms. The van der Waals surface area contributed by atoms with Gasteiger partial charge in [0.2, 0.25) is 0 Å². The summed E-state index contributed by atoms with van der Waals surface area (Å²) in [5.74, 6) is 2.14. The molecule has 1 aliphatic carbocycles. The Kier molecular flexibility index (Phi) is 7.89. The molecule has 0 heterocycles. The third kappa shape index (κ3) is 5.12. The predicted octanol–water partition coefficient (Wildman–Crippen LogP) is 9.67. The summed E-state index contributed by atoms with van der Waals surface area (Å²) in [4.78, 5) is 0. The number of hydrogen-bond acceptors (Lipinski definition) is 0. The normalized spacial score (nSPS) is 21.3. The SMILES string of the molecule is CC1=C(C)C(PC(C)(C)C)C(c2c(C(C)C)cc(C(C)C)cc2C(C)C)C(C)=C1C. The zero-order valence-corrected chi connectivity index (χ0v) is 23.0. The van der Waals surface area contributed by atoms with Crippen molar-refractivity contribution in [1.29, 1.82) is 0 Å². The van der Waals surface area contributed by atoms with E-state index in [9.17, 15) is 0 Å². The van der Waals surface area contributed by atoms with Crippen LogP contribution in [0.2, 0.25) is 0 Å². The lowest BCUT2D eigenvalue weighted by Crippen LogP contribution is -2.29. The summed E-state index contributed by atoms with van der Waals surface area (Å²) in [5, 5.41) is 0.337. The van der Waals surface area contributed by atoms with Crippen molar-refractivity contribution in [3.8, 4) is 0 Å². The van der Waals surface area contributed by atoms with Crippen molar-refractivity contribution in [2.75, 3.05) is 0 Å². The molecule has 0 saturated heterocycles. The molecular formula is C29H47P. The van der Waals surface area contributed by atoms with Gasteiger partial charge in [0.05, 0.1) is 0 Å². The van der Waals surface area contributed by atoms with Gasteiger partial charge in [-0.1, -0.05) is 85.6 Å². The van der Waals surface area contributed by atoms with Gasteiger partial charge in [-0.2, -0.15) is 0 Å². The van der Waals surface area contributed by atoms with Crippen LogP contribution in [-0.4, -0.2) is 10.8 Å². The zero-order chi connectivity index (χ0) is 23.1. The van der Waals surface area contributed by atoms with E-state index in [1.54, 1.807) is 27.8 Å². The van der Waals surface area contributed by atoms with Crippen molar-refractivity contribution in [1.82, 2.24) is 0 Å². The van der Waals surface area contributed by atoms with Gasteiger partial charge in [-0.3, -0.25) is 0 Å². The fourth-order valence-corrected chi connectivity index (χ4v) is 6.92. The van der Waals surface area contributed by atoms with E-state index < -0.39 is 0 Å². The standard InChI is InChI=1S/C29H47P/c1-16(2)23-14-24(17(3)4)27(25(15-23)18(5)6)26-21(9)19(7)20(8)22(10)28(26)30-29(11,12)13/h14-18,26,28,30H,1-13H3. The lowest BCUT2D eigenvalue weighted by molar-refractivity contribution is 0.683. The Hall–Kier alpha value is -0.870. The molecule has 3 atom stereocenters. The first kappa shape index (κ1) is 25.4. The molecule has 0 nitrogen and oxygen atoms in total. The van der Waals surface area contributed by atoms with Gasteiger partial charge in [-0.15, -0.1) is 8.58 Å². The fraction of sp³-hybridized carbons (Fsp3) is 0.655. The van der Waals surface area contributed by atoms with Crippen LogP contribution in [0.15, 0.2) is 34.4 Å². The van der Waals surface area contributed by atoms with Crippen molar-refractivity contribution in [2.45, 2.75) is 124 Å². The highest BCUT2D eigenvalue weighted by Gasteiger charge is 2.37. The Morgan fingerprint density at radius 2 is 1.13 bits per heavy atom. The third-order valence-electron chi connectivity index (χ3n) is 7.09. The predicted molar refractivity (Wildman–Crippen MR) is 140 cm³/mol. The van der Waals surface area contributed by atoms with Gasteiger partial charge in [-0.05, 0) is 84.0 Å². The van der Waals surface area contributed by atoms with Gasteiger partial charge in [0, 0.05) is 11.6 Å². The van der Waals surface area contributed by atoms with Crippen molar-refractivity contribution < 1.29 is 0 Å². The molecule has 0 bridgehead atoms. The van der Waals surface area contributed by atoms with Gasteiger partial charge in [0.25, 0.3) is 0 Å². The minimum Gasteiger partial charge on any atom is -0.108 e. The molecule has 168 valence electrons. The van der Waals surface area contributed by atoms with Crippen LogP contribution in [0.3, 0.4) is 0 Å². The monoisotopic (exact) mass is 426 g/mol. The largest absolute Gasteiger partial charge is 0.108 e. The highest BCUT2D eigenvalue weighted by atomic mass is 31.1. The molecular weight excluding hydrogens is 379 g/mol. The quantitative estimate of drug-likeness (QED) is 0.411. The molecule has 1 aliphatic rings. The lowest BCUT2D eigenvalue weighted by atomic mass is 9.71. The Labute approximate surface area is 189 Å². The van der Waals surface area contributed by atoms with E-state index >= 15 is 0 Å². The first-order valence-corrected chi connectivity index (χ1v) is 13.1. The third-order valence-corrected chi connectivity index (χ3v) is 9.03. The van der Waals surface area contributed by atoms with Crippen molar-refractivity contribution >= 4 is 8.58 Å². The topological polar surface area (TPSA) is 0 Å². The van der Waals surface area contributed by atoms with Crippen LogP contribution in [0, 0.1) is 0 Å². The minimum atomic E-state index is 0.337. The Morgan fingerprint density at radius 3 is 1.50 bits per heavy atom. The van der Waals surface area contributed by atoms with E-state index in [0.717, 1.165) is 8.58 Å². The summed E-state index contributed by atoms with van der Waals surface area (Å²) in [5.41, 5.74) is 13.2. The fourth-order valence-electron chi connectivity index (χ4n) is 4.97. The van der Waals surface area contributed by atoms with Crippen LogP contribution in [0.1, 0.15) is 136 Å². The minimum absolute atomic E-state index is 0.337. The molecule has 2 rings (SSSR count). The van der Waals surface area contributed by atoms with Crippen LogP contribution < -0.4 is 0 Å². The highest BCUT2D eigenvalue weighted by Crippen LogP contribution is 2.54. The van der Waals surface area contributed by atoms with Crippen LogP contribution >= 0.6 is 8.58 Å². The maximum atomic E-state index is 2.54. The summed E-state index contributed by atoms with van der Waals surface area (Å²) in [6, 6.07) is 5.08. The van der Waals surface area contributed by atoms with E-state index in [1.807, 2.05) is 0 Å². The second-order valence-corrected chi connectivity index (χ2v) is 14.0. The van der Waals surface area contributed by atoms with E-state index in [1.165, 1.54) is 16.7 Å². The Balaban J connectivity index is 2.89. The molecule has 1 aromatic rings. The molecule has 0 fully saturated rings. The number of rotatable bonds is 5. The van der Waals surface area contributed by atoms with Crippen molar-refractivity contribution in [3.63, 3.8) is 0 Å². The first-order valence-electron chi connectivity index (χ1n) is 12.0. The van der Waals surface area contributed by atoms with Gasteiger partial charge in [0.15, 0.2) is 0 Å². The molecule has 1 aromatic carbocycles. The van der Waals surface area contributed by atoms with Crippen molar-refractivity contribution in [2.24, 2.45) is 0 Å². The molecule has 0 saturated carbocycles. The molecule has 0 amide bonds. The summed E-state index contributed by atoms with van der Waals surface area (Å²) in [7, 11) is 0.919. The number of allylic oxidation sites excluding steroid dienone is 4. The summed E-state index contributed by atoms with van der Waals surface area (Å²) < 4.78 is 0. The summed E-state index contributed by atoms with van der Waals surface area (Å²) in [6.07, 6.45) is 0. The van der Waals surface area contributed by atoms with Crippen LogP contribution in [0.4, 0.5) is 0 Å². The lowest BCUT2D eigenvalue weighted by Gasteiger charge is -2.42. The van der Waals surface area contributed by atoms with Crippen LogP contribution in [0.25, 0.3) is 0 Å². The Morgan fingerprint density at radius 1 is 0.700 bits per heavy atom. The average molecular weight is 427 g/mol. The maximum Gasteiger partial charge on any atom is 0.0160 e. The van der Waals surface area contributed by atoms with Gasteiger partial charge < -0.3 is 0 Å². The molecule has 0 aromatic heterocycles. The zero-order valence-electron chi connectivity index (χ0n) is 22.0. The number of hydrogen-bond donors (Lipinski definition) is 0. The second-order valence-electron chi connectivity index (χ2n) is 11.5. The Bertz CT molecular complexity index is 811. The van der Waals surface area contributed by atoms with E-state index in [0.29, 0.717) is 34.5 Å². The van der Waals surface area contributed by atoms with Crippen LogP contribution in [-0.2, 0) is 0 Å². The van der Waals surface area contributed by atoms with E-state index in [4.69, 9.17) is 0 Å². The van der Waals surface area contributed by atoms with Crippen molar-refractivity contribution in [3.05, 3.63) is 56.7 Å². The maximum absolute atomic E-state index is 2.54. The first-order chi connectivity index (χ1) is 13.7.